The Morgan fingerprint density at radius 2 is 1.90 bits per heavy atom. The summed E-state index contributed by atoms with van der Waals surface area (Å²) in [5.41, 5.74) is 1.93. The maximum absolute atomic E-state index is 11.1. The second-order valence-electron chi connectivity index (χ2n) is 4.46. The maximum atomic E-state index is 11.1. The molecule has 1 aromatic rings. The van der Waals surface area contributed by atoms with E-state index in [0.717, 1.165) is 30.8 Å². The Morgan fingerprint density at radius 3 is 2.50 bits per heavy atom. The minimum atomic E-state index is -0.144. The highest BCUT2D eigenvalue weighted by Crippen LogP contribution is 2.09. The number of benzene rings is 1. The standard InChI is InChI=1S/C15H22N2O3/c1-3-20-15(19)5-4-10-16-11-13-6-8-14(9-7-13)17-12(2)18/h6-9,16H,3-5,10-11H2,1-2H3,(H,17,18). The summed E-state index contributed by atoms with van der Waals surface area (Å²) < 4.78 is 4.85. The first-order valence-electron chi connectivity index (χ1n) is 6.84. The molecule has 0 saturated carbocycles. The van der Waals surface area contributed by atoms with Crippen LogP contribution >= 0.6 is 0 Å². The van der Waals surface area contributed by atoms with E-state index >= 15 is 0 Å². The van der Waals surface area contributed by atoms with Gasteiger partial charge in [0.25, 0.3) is 0 Å². The van der Waals surface area contributed by atoms with Crippen molar-refractivity contribution in [2.45, 2.75) is 33.2 Å². The van der Waals surface area contributed by atoms with Gasteiger partial charge in [-0.1, -0.05) is 12.1 Å². The van der Waals surface area contributed by atoms with Crippen molar-refractivity contribution >= 4 is 17.6 Å². The van der Waals surface area contributed by atoms with Gasteiger partial charge in [0.2, 0.25) is 5.91 Å². The highest BCUT2D eigenvalue weighted by atomic mass is 16.5. The molecule has 1 aromatic carbocycles. The molecule has 5 nitrogen and oxygen atoms in total. The zero-order chi connectivity index (χ0) is 14.8. The molecule has 0 aliphatic carbocycles. The van der Waals surface area contributed by atoms with Crippen LogP contribution in [0, 0.1) is 0 Å². The average molecular weight is 278 g/mol. The fourth-order valence-corrected chi connectivity index (χ4v) is 1.73. The van der Waals surface area contributed by atoms with Crippen LogP contribution in [0.15, 0.2) is 24.3 Å². The van der Waals surface area contributed by atoms with E-state index in [1.807, 2.05) is 24.3 Å². The Hall–Kier alpha value is -1.88. The Morgan fingerprint density at radius 1 is 1.20 bits per heavy atom. The van der Waals surface area contributed by atoms with Gasteiger partial charge < -0.3 is 15.4 Å². The molecule has 1 rings (SSSR count). The molecule has 110 valence electrons. The van der Waals surface area contributed by atoms with Gasteiger partial charge in [0.05, 0.1) is 6.61 Å². The summed E-state index contributed by atoms with van der Waals surface area (Å²) in [5, 5.41) is 5.99. The Kier molecular flexibility index (Phi) is 7.35. The SMILES string of the molecule is CCOC(=O)CCCNCc1ccc(NC(C)=O)cc1. The zero-order valence-electron chi connectivity index (χ0n) is 12.1. The largest absolute Gasteiger partial charge is 0.466 e. The molecular weight excluding hydrogens is 256 g/mol. The molecule has 0 bridgehead atoms. The van der Waals surface area contributed by atoms with Crippen LogP contribution in [-0.2, 0) is 20.9 Å². The summed E-state index contributed by atoms with van der Waals surface area (Å²) in [6.07, 6.45) is 1.21. The monoisotopic (exact) mass is 278 g/mol. The maximum Gasteiger partial charge on any atom is 0.305 e. The lowest BCUT2D eigenvalue weighted by atomic mass is 10.2. The summed E-state index contributed by atoms with van der Waals surface area (Å²) in [5.74, 6) is -0.219. The number of nitrogens with one attached hydrogen (secondary N) is 2. The van der Waals surface area contributed by atoms with Crippen LogP contribution in [-0.4, -0.2) is 25.0 Å². The van der Waals surface area contributed by atoms with Gasteiger partial charge in [0, 0.05) is 25.6 Å². The minimum Gasteiger partial charge on any atom is -0.466 e. The van der Waals surface area contributed by atoms with Crippen LogP contribution in [0.3, 0.4) is 0 Å². The molecule has 0 atom stereocenters. The van der Waals surface area contributed by atoms with Gasteiger partial charge >= 0.3 is 5.97 Å². The van der Waals surface area contributed by atoms with Crippen LogP contribution in [0.25, 0.3) is 0 Å². The van der Waals surface area contributed by atoms with Crippen molar-refractivity contribution in [2.75, 3.05) is 18.5 Å². The third kappa shape index (κ3) is 6.89. The first-order valence-corrected chi connectivity index (χ1v) is 6.84. The third-order valence-corrected chi connectivity index (χ3v) is 2.64. The van der Waals surface area contributed by atoms with Gasteiger partial charge in [-0.05, 0) is 37.6 Å². The van der Waals surface area contributed by atoms with Gasteiger partial charge in [-0.3, -0.25) is 9.59 Å². The number of carbonyl (C=O) groups excluding carboxylic acids is 2. The lowest BCUT2D eigenvalue weighted by molar-refractivity contribution is -0.143. The van der Waals surface area contributed by atoms with Gasteiger partial charge in [0.15, 0.2) is 0 Å². The van der Waals surface area contributed by atoms with Crippen molar-refractivity contribution < 1.29 is 14.3 Å². The third-order valence-electron chi connectivity index (χ3n) is 2.64. The number of esters is 1. The van der Waals surface area contributed by atoms with E-state index in [2.05, 4.69) is 10.6 Å². The number of anilines is 1. The topological polar surface area (TPSA) is 67.4 Å². The van der Waals surface area contributed by atoms with Crippen LogP contribution in [0.4, 0.5) is 5.69 Å². The lowest BCUT2D eigenvalue weighted by Crippen LogP contribution is -2.16. The first-order chi connectivity index (χ1) is 9.61. The van der Waals surface area contributed by atoms with Gasteiger partial charge in [-0.25, -0.2) is 0 Å². The van der Waals surface area contributed by atoms with E-state index in [1.54, 1.807) is 6.92 Å². The van der Waals surface area contributed by atoms with Crippen LogP contribution in [0.5, 0.6) is 0 Å². The van der Waals surface area contributed by atoms with E-state index < -0.39 is 0 Å². The molecule has 20 heavy (non-hydrogen) atoms. The van der Waals surface area contributed by atoms with E-state index in [-0.39, 0.29) is 11.9 Å². The minimum absolute atomic E-state index is 0.0742. The summed E-state index contributed by atoms with van der Waals surface area (Å²) in [6.45, 7) is 5.24. The number of carbonyl (C=O) groups is 2. The van der Waals surface area contributed by atoms with Crippen molar-refractivity contribution in [3.8, 4) is 0 Å². The normalized spacial score (nSPS) is 10.1. The van der Waals surface area contributed by atoms with Gasteiger partial charge in [-0.2, -0.15) is 0 Å². The smallest absolute Gasteiger partial charge is 0.305 e. The highest BCUT2D eigenvalue weighted by Gasteiger charge is 2.00. The fraction of sp³-hybridized carbons (Fsp3) is 0.467. The van der Waals surface area contributed by atoms with Crippen molar-refractivity contribution in [3.05, 3.63) is 29.8 Å². The van der Waals surface area contributed by atoms with E-state index in [4.69, 9.17) is 4.74 Å². The van der Waals surface area contributed by atoms with Crippen molar-refractivity contribution in [2.24, 2.45) is 0 Å². The number of hydrogen-bond donors (Lipinski definition) is 2. The molecule has 0 aliphatic rings. The quantitative estimate of drug-likeness (QED) is 0.564. The average Bonchev–Trinajstić information content (AvgIpc) is 2.40. The molecule has 0 aromatic heterocycles. The van der Waals surface area contributed by atoms with Crippen molar-refractivity contribution in [1.82, 2.24) is 5.32 Å². The Labute approximate surface area is 119 Å². The molecule has 0 fully saturated rings. The molecule has 5 heteroatoms. The molecule has 0 unspecified atom stereocenters. The van der Waals surface area contributed by atoms with Gasteiger partial charge in [0.1, 0.15) is 0 Å². The number of hydrogen-bond acceptors (Lipinski definition) is 4. The van der Waals surface area contributed by atoms with Crippen LogP contribution in [0.1, 0.15) is 32.3 Å². The molecular formula is C15H22N2O3. The van der Waals surface area contributed by atoms with Crippen molar-refractivity contribution in [3.63, 3.8) is 0 Å². The highest BCUT2D eigenvalue weighted by molar-refractivity contribution is 5.88. The fourth-order valence-electron chi connectivity index (χ4n) is 1.73. The summed E-state index contributed by atoms with van der Waals surface area (Å²) in [4.78, 5) is 22.0. The zero-order valence-corrected chi connectivity index (χ0v) is 12.1. The van der Waals surface area contributed by atoms with Crippen LogP contribution in [0.2, 0.25) is 0 Å². The Balaban J connectivity index is 2.19. The van der Waals surface area contributed by atoms with E-state index in [0.29, 0.717) is 13.0 Å². The number of rotatable bonds is 8. The molecule has 0 saturated heterocycles. The Bertz CT molecular complexity index is 429. The molecule has 2 N–H and O–H groups in total. The first kappa shape index (κ1) is 16.2. The predicted octanol–water partition coefficient (Wildman–Crippen LogP) is 2.08. The molecule has 0 aliphatic heterocycles. The second-order valence-corrected chi connectivity index (χ2v) is 4.46. The molecule has 1 amide bonds. The molecule has 0 spiro atoms. The predicted molar refractivity (Wildman–Crippen MR) is 78.3 cm³/mol. The van der Waals surface area contributed by atoms with E-state index in [1.165, 1.54) is 6.92 Å². The molecule has 0 radical (unpaired) electrons. The summed E-state index contributed by atoms with van der Waals surface area (Å²) in [7, 11) is 0. The molecule has 0 heterocycles. The van der Waals surface area contributed by atoms with Crippen molar-refractivity contribution in [1.29, 1.82) is 0 Å². The summed E-state index contributed by atoms with van der Waals surface area (Å²) in [6, 6.07) is 7.67. The number of amides is 1. The number of ether oxygens (including phenoxy) is 1. The lowest BCUT2D eigenvalue weighted by Gasteiger charge is -2.06. The summed E-state index contributed by atoms with van der Waals surface area (Å²) >= 11 is 0. The van der Waals surface area contributed by atoms with Crippen LogP contribution < -0.4 is 10.6 Å². The van der Waals surface area contributed by atoms with Gasteiger partial charge in [-0.15, -0.1) is 0 Å². The van der Waals surface area contributed by atoms with E-state index in [9.17, 15) is 9.59 Å². The second kappa shape index (κ2) is 9.09.